The molecule has 82 valence electrons. The number of aromatic nitrogens is 1. The monoisotopic (exact) mass is 383 g/mol. The van der Waals surface area contributed by atoms with E-state index in [1.54, 1.807) is 18.3 Å². The lowest BCUT2D eigenvalue weighted by atomic mass is 10.1. The summed E-state index contributed by atoms with van der Waals surface area (Å²) in [4.78, 5) is 4.20. The van der Waals surface area contributed by atoms with Crippen LogP contribution in [0.5, 0.6) is 0 Å². The summed E-state index contributed by atoms with van der Waals surface area (Å²) >= 11 is 20.0. The van der Waals surface area contributed by atoms with Crippen LogP contribution >= 0.6 is 57.4 Å². The molecule has 2 rings (SSSR count). The summed E-state index contributed by atoms with van der Waals surface area (Å²) in [5, 5.41) is 1.27. The Bertz CT molecular complexity index is 502. The van der Waals surface area contributed by atoms with Crippen LogP contribution in [0.4, 0.5) is 0 Å². The molecule has 0 radical (unpaired) electrons. The van der Waals surface area contributed by atoms with Crippen molar-refractivity contribution in [3.05, 3.63) is 49.2 Å². The molecule has 1 aromatic heterocycles. The minimum atomic E-state index is 0.380. The van der Waals surface area contributed by atoms with E-state index in [9.17, 15) is 0 Å². The number of benzene rings is 1. The Labute approximate surface area is 122 Å². The molecular weight excluding hydrogens is 379 g/mol. The Balaban J connectivity index is 2.52. The first-order valence-electron chi connectivity index (χ1n) is 4.34. The fraction of sp³-hybridized carbons (Fsp3) is 0. The van der Waals surface area contributed by atoms with Gasteiger partial charge in [0.2, 0.25) is 0 Å². The van der Waals surface area contributed by atoms with Gasteiger partial charge >= 0.3 is 0 Å². The number of nitrogens with zero attached hydrogens (tertiary/aromatic N) is 1. The van der Waals surface area contributed by atoms with Crippen molar-refractivity contribution < 1.29 is 0 Å². The van der Waals surface area contributed by atoms with E-state index in [1.165, 1.54) is 0 Å². The molecule has 2 aromatic rings. The normalized spacial score (nSPS) is 10.5. The van der Waals surface area contributed by atoms with Gasteiger partial charge in [0.25, 0.3) is 0 Å². The minimum Gasteiger partial charge on any atom is -0.250 e. The van der Waals surface area contributed by atoms with Crippen LogP contribution in [0.2, 0.25) is 15.1 Å². The Hall–Kier alpha value is -0.0300. The Morgan fingerprint density at radius 1 is 0.938 bits per heavy atom. The summed E-state index contributed by atoms with van der Waals surface area (Å²) in [6, 6.07) is 7.44. The average Bonchev–Trinajstić information content (AvgIpc) is 2.26. The van der Waals surface area contributed by atoms with E-state index in [2.05, 4.69) is 27.6 Å². The lowest BCUT2D eigenvalue weighted by Crippen LogP contribution is -1.83. The van der Waals surface area contributed by atoms with Crippen LogP contribution in [0.15, 0.2) is 30.5 Å². The van der Waals surface area contributed by atoms with Gasteiger partial charge in [0.05, 0.1) is 15.1 Å². The van der Waals surface area contributed by atoms with Crippen LogP contribution in [0, 0.1) is 3.70 Å². The van der Waals surface area contributed by atoms with Crippen molar-refractivity contribution in [1.29, 1.82) is 0 Å². The van der Waals surface area contributed by atoms with Gasteiger partial charge in [-0.3, -0.25) is 0 Å². The Kier molecular flexibility index (Phi) is 3.95. The predicted molar refractivity (Wildman–Crippen MR) is 77.4 cm³/mol. The van der Waals surface area contributed by atoms with Crippen LogP contribution in [0.25, 0.3) is 11.1 Å². The van der Waals surface area contributed by atoms with E-state index >= 15 is 0 Å². The largest absolute Gasteiger partial charge is 0.250 e. The first-order chi connectivity index (χ1) is 7.58. The number of pyridine rings is 1. The summed E-state index contributed by atoms with van der Waals surface area (Å²) in [6.07, 6.45) is 1.78. The molecule has 0 unspecified atom stereocenters. The summed E-state index contributed by atoms with van der Waals surface area (Å²) in [7, 11) is 0. The van der Waals surface area contributed by atoms with Crippen LogP contribution < -0.4 is 0 Å². The van der Waals surface area contributed by atoms with Crippen molar-refractivity contribution in [1.82, 2.24) is 4.98 Å². The summed E-state index contributed by atoms with van der Waals surface area (Å²) in [5.41, 5.74) is 1.86. The Morgan fingerprint density at radius 3 is 2.06 bits per heavy atom. The third-order valence-corrected chi connectivity index (χ3v) is 3.88. The molecule has 0 amide bonds. The van der Waals surface area contributed by atoms with Gasteiger partial charge in [-0.2, -0.15) is 0 Å². The van der Waals surface area contributed by atoms with Crippen molar-refractivity contribution in [3.63, 3.8) is 0 Å². The highest BCUT2D eigenvalue weighted by molar-refractivity contribution is 14.1. The van der Waals surface area contributed by atoms with Crippen LogP contribution in [-0.2, 0) is 0 Å². The highest BCUT2D eigenvalue weighted by Gasteiger charge is 2.07. The number of halogens is 4. The van der Waals surface area contributed by atoms with Gasteiger partial charge in [0.15, 0.2) is 0 Å². The zero-order valence-corrected chi connectivity index (χ0v) is 12.3. The van der Waals surface area contributed by atoms with Crippen LogP contribution in [0.1, 0.15) is 0 Å². The molecule has 1 aromatic carbocycles. The molecule has 0 aliphatic carbocycles. The van der Waals surface area contributed by atoms with Gasteiger partial charge < -0.3 is 0 Å². The molecule has 0 N–H and O–H groups in total. The molecule has 1 nitrogen and oxygen atoms in total. The average molecular weight is 384 g/mol. The van der Waals surface area contributed by atoms with Gasteiger partial charge in [0.1, 0.15) is 3.70 Å². The van der Waals surface area contributed by atoms with Gasteiger partial charge in [-0.15, -0.1) is 0 Å². The van der Waals surface area contributed by atoms with E-state index in [-0.39, 0.29) is 0 Å². The molecule has 0 atom stereocenters. The molecule has 0 saturated carbocycles. The van der Waals surface area contributed by atoms with E-state index < -0.39 is 0 Å². The molecule has 0 aliphatic heterocycles. The number of hydrogen-bond acceptors (Lipinski definition) is 1. The van der Waals surface area contributed by atoms with Crippen molar-refractivity contribution in [2.75, 3.05) is 0 Å². The van der Waals surface area contributed by atoms with Crippen LogP contribution in [0.3, 0.4) is 0 Å². The fourth-order valence-corrected chi connectivity index (χ4v) is 2.18. The standard InChI is InChI=1S/C11H5Cl3IN/c12-8-3-7(4-9(13)11(8)14)6-1-2-10(15)16-5-6/h1-5H. The third kappa shape index (κ3) is 2.62. The lowest BCUT2D eigenvalue weighted by Gasteiger charge is -2.05. The van der Waals surface area contributed by atoms with E-state index in [0.717, 1.165) is 14.8 Å². The highest BCUT2D eigenvalue weighted by atomic mass is 127. The van der Waals surface area contributed by atoms with Crippen molar-refractivity contribution in [2.24, 2.45) is 0 Å². The number of rotatable bonds is 1. The topological polar surface area (TPSA) is 12.9 Å². The maximum Gasteiger partial charge on any atom is 0.101 e. The smallest absolute Gasteiger partial charge is 0.101 e. The molecule has 0 aliphatic rings. The zero-order valence-electron chi connectivity index (χ0n) is 7.85. The number of hydrogen-bond donors (Lipinski definition) is 0. The second-order valence-corrected chi connectivity index (χ2v) is 5.42. The SMILES string of the molecule is Clc1cc(-c2ccc(I)nc2)cc(Cl)c1Cl. The van der Waals surface area contributed by atoms with Gasteiger partial charge in [-0.25, -0.2) is 4.98 Å². The van der Waals surface area contributed by atoms with E-state index in [0.29, 0.717) is 15.1 Å². The molecule has 5 heteroatoms. The molecule has 0 saturated heterocycles. The molecule has 16 heavy (non-hydrogen) atoms. The minimum absolute atomic E-state index is 0.380. The molecule has 0 fully saturated rings. The summed E-state index contributed by atoms with van der Waals surface area (Å²) < 4.78 is 0.938. The predicted octanol–water partition coefficient (Wildman–Crippen LogP) is 5.31. The first-order valence-corrected chi connectivity index (χ1v) is 6.55. The van der Waals surface area contributed by atoms with E-state index in [4.69, 9.17) is 34.8 Å². The maximum atomic E-state index is 5.96. The van der Waals surface area contributed by atoms with Crippen molar-refractivity contribution >= 4 is 57.4 Å². The molecule has 0 bridgehead atoms. The quantitative estimate of drug-likeness (QED) is 0.369. The second kappa shape index (κ2) is 5.08. The molecular formula is C11H5Cl3IN. The zero-order chi connectivity index (χ0) is 11.7. The fourth-order valence-electron chi connectivity index (χ4n) is 1.27. The maximum absolute atomic E-state index is 5.96. The van der Waals surface area contributed by atoms with Crippen molar-refractivity contribution in [2.45, 2.75) is 0 Å². The second-order valence-electron chi connectivity index (χ2n) is 3.12. The molecule has 1 heterocycles. The first kappa shape index (κ1) is 12.4. The Morgan fingerprint density at radius 2 is 1.56 bits per heavy atom. The summed E-state index contributed by atoms with van der Waals surface area (Å²) in [6.45, 7) is 0. The van der Waals surface area contributed by atoms with Crippen LogP contribution in [-0.4, -0.2) is 4.98 Å². The lowest BCUT2D eigenvalue weighted by molar-refractivity contribution is 1.27. The van der Waals surface area contributed by atoms with Gasteiger partial charge in [0, 0.05) is 11.8 Å². The summed E-state index contributed by atoms with van der Waals surface area (Å²) in [5.74, 6) is 0. The third-order valence-electron chi connectivity index (χ3n) is 2.04. The molecule has 0 spiro atoms. The highest BCUT2D eigenvalue weighted by Crippen LogP contribution is 2.34. The van der Waals surface area contributed by atoms with E-state index in [1.807, 2.05) is 12.1 Å². The van der Waals surface area contributed by atoms with Crippen molar-refractivity contribution in [3.8, 4) is 11.1 Å². The van der Waals surface area contributed by atoms with Gasteiger partial charge in [-0.1, -0.05) is 40.9 Å². The van der Waals surface area contributed by atoms with Gasteiger partial charge in [-0.05, 0) is 46.4 Å².